The summed E-state index contributed by atoms with van der Waals surface area (Å²) < 4.78 is 5.11. The fourth-order valence-corrected chi connectivity index (χ4v) is 1.97. The monoisotopic (exact) mass is 271 g/mol. The summed E-state index contributed by atoms with van der Waals surface area (Å²) in [4.78, 5) is 18.3. The standard InChI is InChI=1S/C13H13N5O2/c1-7-2-8(20-18-7)5-15-12-4-11-9(3-10(12)14)13(19)17-6-16-11/h2-4,6,15H,5,14H2,1H3,(H,16,17,19). The summed E-state index contributed by atoms with van der Waals surface area (Å²) in [6, 6.07) is 5.19. The lowest BCUT2D eigenvalue weighted by molar-refractivity contribution is 0.384. The minimum atomic E-state index is -0.209. The molecule has 0 radical (unpaired) electrons. The molecule has 2 aromatic heterocycles. The van der Waals surface area contributed by atoms with E-state index >= 15 is 0 Å². The van der Waals surface area contributed by atoms with Crippen LogP contribution in [0.15, 0.2) is 33.8 Å². The number of anilines is 2. The number of nitrogen functional groups attached to an aromatic ring is 1. The van der Waals surface area contributed by atoms with Gasteiger partial charge in [-0.15, -0.1) is 0 Å². The first-order chi connectivity index (χ1) is 9.63. The molecular formula is C13H13N5O2. The van der Waals surface area contributed by atoms with E-state index in [1.54, 1.807) is 12.1 Å². The maximum atomic E-state index is 11.6. The molecule has 7 nitrogen and oxygen atoms in total. The van der Waals surface area contributed by atoms with Crippen LogP contribution in [0.2, 0.25) is 0 Å². The van der Waals surface area contributed by atoms with Crippen molar-refractivity contribution < 1.29 is 4.52 Å². The summed E-state index contributed by atoms with van der Waals surface area (Å²) in [6.45, 7) is 2.31. The topological polar surface area (TPSA) is 110 Å². The Morgan fingerprint density at radius 2 is 2.25 bits per heavy atom. The Labute approximate surface area is 113 Å². The summed E-state index contributed by atoms with van der Waals surface area (Å²) in [5, 5.41) is 7.42. The number of nitrogens with one attached hydrogen (secondary N) is 2. The number of hydrogen-bond donors (Lipinski definition) is 3. The fourth-order valence-electron chi connectivity index (χ4n) is 1.97. The van der Waals surface area contributed by atoms with Crippen molar-refractivity contribution in [3.63, 3.8) is 0 Å². The lowest BCUT2D eigenvalue weighted by atomic mass is 10.2. The van der Waals surface area contributed by atoms with Crippen LogP contribution in [-0.4, -0.2) is 15.1 Å². The van der Waals surface area contributed by atoms with Crippen LogP contribution in [0, 0.1) is 6.92 Å². The molecule has 3 aromatic rings. The summed E-state index contributed by atoms with van der Waals surface area (Å²) in [5.74, 6) is 0.709. The molecule has 3 rings (SSSR count). The highest BCUT2D eigenvalue weighted by Crippen LogP contribution is 2.23. The number of H-pyrrole nitrogens is 1. The molecule has 0 atom stereocenters. The molecule has 0 spiro atoms. The highest BCUT2D eigenvalue weighted by molar-refractivity contribution is 5.88. The zero-order valence-corrected chi connectivity index (χ0v) is 10.8. The van der Waals surface area contributed by atoms with E-state index in [4.69, 9.17) is 10.3 Å². The van der Waals surface area contributed by atoms with E-state index in [1.165, 1.54) is 6.33 Å². The third-order valence-electron chi connectivity index (χ3n) is 2.94. The first-order valence-electron chi connectivity index (χ1n) is 6.06. The molecule has 4 N–H and O–H groups in total. The third-order valence-corrected chi connectivity index (χ3v) is 2.94. The Morgan fingerprint density at radius 3 is 3.00 bits per heavy atom. The van der Waals surface area contributed by atoms with Crippen molar-refractivity contribution in [1.29, 1.82) is 0 Å². The van der Waals surface area contributed by atoms with Gasteiger partial charge in [-0.25, -0.2) is 4.98 Å². The average Bonchev–Trinajstić information content (AvgIpc) is 2.83. The van der Waals surface area contributed by atoms with E-state index in [2.05, 4.69) is 20.4 Å². The number of aromatic nitrogens is 3. The van der Waals surface area contributed by atoms with Crippen LogP contribution in [0.1, 0.15) is 11.5 Å². The van der Waals surface area contributed by atoms with Gasteiger partial charge in [0.25, 0.3) is 5.56 Å². The highest BCUT2D eigenvalue weighted by atomic mass is 16.5. The number of nitrogens with two attached hydrogens (primary N) is 1. The Morgan fingerprint density at radius 1 is 1.40 bits per heavy atom. The van der Waals surface area contributed by atoms with Gasteiger partial charge in [0.05, 0.1) is 40.8 Å². The molecule has 0 aliphatic heterocycles. The number of aromatic amines is 1. The third kappa shape index (κ3) is 2.20. The molecule has 0 aliphatic carbocycles. The number of hydrogen-bond acceptors (Lipinski definition) is 6. The second-order valence-corrected chi connectivity index (χ2v) is 4.48. The van der Waals surface area contributed by atoms with Crippen LogP contribution in [0.3, 0.4) is 0 Å². The van der Waals surface area contributed by atoms with Crippen LogP contribution in [-0.2, 0) is 6.54 Å². The highest BCUT2D eigenvalue weighted by Gasteiger charge is 2.07. The number of nitrogens with zero attached hydrogens (tertiary/aromatic N) is 2. The van der Waals surface area contributed by atoms with Crippen molar-refractivity contribution in [2.24, 2.45) is 0 Å². The molecule has 2 heterocycles. The lowest BCUT2D eigenvalue weighted by Gasteiger charge is -2.08. The van der Waals surface area contributed by atoms with E-state index in [9.17, 15) is 4.79 Å². The van der Waals surface area contributed by atoms with Crippen molar-refractivity contribution in [2.45, 2.75) is 13.5 Å². The Bertz CT molecular complexity index is 821. The van der Waals surface area contributed by atoms with Gasteiger partial charge >= 0.3 is 0 Å². The molecule has 0 saturated heterocycles. The molecule has 0 aliphatic rings. The quantitative estimate of drug-likeness (QED) is 0.621. The molecular weight excluding hydrogens is 258 g/mol. The van der Waals surface area contributed by atoms with Crippen LogP contribution in [0.4, 0.5) is 11.4 Å². The average molecular weight is 271 g/mol. The van der Waals surface area contributed by atoms with Gasteiger partial charge in [-0.1, -0.05) is 5.16 Å². The molecule has 1 aromatic carbocycles. The van der Waals surface area contributed by atoms with E-state index in [-0.39, 0.29) is 5.56 Å². The Kier molecular flexibility index (Phi) is 2.86. The van der Waals surface area contributed by atoms with E-state index in [0.29, 0.717) is 34.6 Å². The molecule has 0 amide bonds. The molecule has 0 fully saturated rings. The van der Waals surface area contributed by atoms with Gasteiger partial charge in [-0.3, -0.25) is 4.79 Å². The smallest absolute Gasteiger partial charge is 0.258 e. The predicted octanol–water partition coefficient (Wildman–Crippen LogP) is 1.41. The van der Waals surface area contributed by atoms with Crippen LogP contribution in [0.5, 0.6) is 0 Å². The van der Waals surface area contributed by atoms with Gasteiger partial charge in [-0.2, -0.15) is 0 Å². The summed E-state index contributed by atoms with van der Waals surface area (Å²) in [7, 11) is 0. The minimum absolute atomic E-state index is 0.209. The zero-order chi connectivity index (χ0) is 14.1. The van der Waals surface area contributed by atoms with E-state index in [1.807, 2.05) is 13.0 Å². The molecule has 102 valence electrons. The zero-order valence-electron chi connectivity index (χ0n) is 10.8. The van der Waals surface area contributed by atoms with Gasteiger partial charge in [0, 0.05) is 6.07 Å². The van der Waals surface area contributed by atoms with Crippen LogP contribution in [0.25, 0.3) is 10.9 Å². The lowest BCUT2D eigenvalue weighted by Crippen LogP contribution is -2.08. The fraction of sp³-hybridized carbons (Fsp3) is 0.154. The van der Waals surface area contributed by atoms with Crippen molar-refractivity contribution in [1.82, 2.24) is 15.1 Å². The van der Waals surface area contributed by atoms with Gasteiger partial charge in [0.1, 0.15) is 0 Å². The van der Waals surface area contributed by atoms with Gasteiger partial charge in [0.2, 0.25) is 0 Å². The maximum Gasteiger partial charge on any atom is 0.258 e. The van der Waals surface area contributed by atoms with Gasteiger partial charge < -0.3 is 20.6 Å². The maximum absolute atomic E-state index is 11.6. The van der Waals surface area contributed by atoms with Crippen molar-refractivity contribution in [3.8, 4) is 0 Å². The van der Waals surface area contributed by atoms with Crippen molar-refractivity contribution >= 4 is 22.3 Å². The second kappa shape index (κ2) is 4.69. The first kappa shape index (κ1) is 12.2. The van der Waals surface area contributed by atoms with Crippen LogP contribution < -0.4 is 16.6 Å². The summed E-state index contributed by atoms with van der Waals surface area (Å²) in [5.41, 5.74) is 8.31. The van der Waals surface area contributed by atoms with Crippen LogP contribution >= 0.6 is 0 Å². The summed E-state index contributed by atoms with van der Waals surface area (Å²) in [6.07, 6.45) is 1.37. The number of fused-ring (bicyclic) bond motifs is 1. The normalized spacial score (nSPS) is 10.8. The second-order valence-electron chi connectivity index (χ2n) is 4.48. The number of aryl methyl sites for hydroxylation is 1. The molecule has 20 heavy (non-hydrogen) atoms. The number of rotatable bonds is 3. The summed E-state index contributed by atoms with van der Waals surface area (Å²) >= 11 is 0. The Hall–Kier alpha value is -2.83. The largest absolute Gasteiger partial charge is 0.397 e. The molecule has 7 heteroatoms. The Balaban J connectivity index is 1.91. The van der Waals surface area contributed by atoms with Gasteiger partial charge in [0.15, 0.2) is 5.76 Å². The van der Waals surface area contributed by atoms with Crippen molar-refractivity contribution in [2.75, 3.05) is 11.1 Å². The first-order valence-corrected chi connectivity index (χ1v) is 6.06. The number of benzene rings is 1. The van der Waals surface area contributed by atoms with Gasteiger partial charge in [-0.05, 0) is 19.1 Å². The minimum Gasteiger partial charge on any atom is -0.397 e. The van der Waals surface area contributed by atoms with E-state index < -0.39 is 0 Å². The molecule has 0 unspecified atom stereocenters. The molecule has 0 bridgehead atoms. The molecule has 0 saturated carbocycles. The van der Waals surface area contributed by atoms with Crippen molar-refractivity contribution in [3.05, 3.63) is 46.3 Å². The predicted molar refractivity (Wildman–Crippen MR) is 75.3 cm³/mol. The van der Waals surface area contributed by atoms with E-state index in [0.717, 1.165) is 5.69 Å². The SMILES string of the molecule is Cc1cc(CNc2cc3nc[nH]c(=O)c3cc2N)on1.